The summed E-state index contributed by atoms with van der Waals surface area (Å²) in [6.07, 6.45) is 4.00. The normalized spacial score (nSPS) is 11.0. The Balaban J connectivity index is 1.80. The zero-order chi connectivity index (χ0) is 19.0. The largest absolute Gasteiger partial charge is 0.305 e. The first-order chi connectivity index (χ1) is 12.3. The number of aryl methyl sites for hydroxylation is 1. The van der Waals surface area contributed by atoms with Gasteiger partial charge in [-0.25, -0.2) is 22.0 Å². The van der Waals surface area contributed by atoms with Gasteiger partial charge in [0.25, 0.3) is 5.91 Å². The molecule has 0 aliphatic carbocycles. The second-order valence-electron chi connectivity index (χ2n) is 5.30. The minimum absolute atomic E-state index is 0.0303. The molecule has 0 atom stereocenters. The summed E-state index contributed by atoms with van der Waals surface area (Å²) in [7, 11) is 1.62. The van der Waals surface area contributed by atoms with Crippen molar-refractivity contribution in [2.45, 2.75) is 6.54 Å². The molecule has 3 aromatic rings. The van der Waals surface area contributed by atoms with Gasteiger partial charge in [-0.05, 0) is 0 Å². The molecule has 0 unspecified atom stereocenters. The minimum atomic E-state index is -2.23. The zero-order valence-corrected chi connectivity index (χ0v) is 13.1. The topological polar surface area (TPSA) is 64.7 Å². The van der Waals surface area contributed by atoms with Crippen LogP contribution in [-0.4, -0.2) is 25.5 Å². The first-order valence-electron chi connectivity index (χ1n) is 7.11. The van der Waals surface area contributed by atoms with Crippen LogP contribution >= 0.6 is 0 Å². The third-order valence-electron chi connectivity index (χ3n) is 3.47. The van der Waals surface area contributed by atoms with Crippen LogP contribution in [0.1, 0.15) is 15.9 Å². The van der Waals surface area contributed by atoms with Gasteiger partial charge in [0.1, 0.15) is 0 Å². The number of aromatic nitrogens is 4. The molecule has 0 bridgehead atoms. The summed E-state index contributed by atoms with van der Waals surface area (Å²) in [4.78, 5) is 12.0. The smallest absolute Gasteiger partial charge is 0.260 e. The highest BCUT2D eigenvalue weighted by Crippen LogP contribution is 2.23. The van der Waals surface area contributed by atoms with Gasteiger partial charge in [-0.3, -0.25) is 14.2 Å². The fourth-order valence-electron chi connectivity index (χ4n) is 2.19. The van der Waals surface area contributed by atoms with Gasteiger partial charge in [0.05, 0.1) is 23.9 Å². The van der Waals surface area contributed by atoms with Crippen LogP contribution in [0.25, 0.3) is 0 Å². The molecule has 1 aromatic carbocycles. The Morgan fingerprint density at radius 2 is 1.69 bits per heavy atom. The van der Waals surface area contributed by atoms with Gasteiger partial charge in [-0.1, -0.05) is 0 Å². The number of hydrogen-bond donors (Lipinski definition) is 1. The molecule has 11 heteroatoms. The van der Waals surface area contributed by atoms with E-state index in [0.717, 1.165) is 4.68 Å². The summed E-state index contributed by atoms with van der Waals surface area (Å²) < 4.78 is 69.2. The van der Waals surface area contributed by atoms with Gasteiger partial charge in [-0.15, -0.1) is 0 Å². The van der Waals surface area contributed by atoms with Crippen LogP contribution in [0.2, 0.25) is 0 Å². The molecule has 0 aliphatic heterocycles. The van der Waals surface area contributed by atoms with Gasteiger partial charge >= 0.3 is 0 Å². The predicted molar refractivity (Wildman–Crippen MR) is 78.7 cm³/mol. The van der Waals surface area contributed by atoms with Crippen molar-refractivity contribution in [2.24, 2.45) is 7.05 Å². The fraction of sp³-hybridized carbons (Fsp3) is 0.133. The summed E-state index contributed by atoms with van der Waals surface area (Å²) in [6.45, 7) is -0.714. The highest BCUT2D eigenvalue weighted by Gasteiger charge is 2.26. The lowest BCUT2D eigenvalue weighted by molar-refractivity contribution is 0.102. The number of anilines is 1. The predicted octanol–water partition coefficient (Wildman–Crippen LogP) is 2.61. The maximum atomic E-state index is 13.7. The third kappa shape index (κ3) is 3.15. The van der Waals surface area contributed by atoms with Gasteiger partial charge in [0, 0.05) is 25.5 Å². The monoisotopic (exact) mass is 371 g/mol. The highest BCUT2D eigenvalue weighted by molar-refractivity contribution is 6.03. The summed E-state index contributed by atoms with van der Waals surface area (Å²) in [6, 6.07) is 1.31. The van der Waals surface area contributed by atoms with E-state index in [0.29, 0.717) is 0 Å². The van der Waals surface area contributed by atoms with E-state index < -0.39 is 47.1 Å². The Morgan fingerprint density at radius 3 is 2.27 bits per heavy atom. The second-order valence-corrected chi connectivity index (χ2v) is 5.30. The lowest BCUT2D eigenvalue weighted by atomic mass is 10.1. The van der Waals surface area contributed by atoms with Gasteiger partial charge < -0.3 is 5.32 Å². The molecule has 6 nitrogen and oxygen atoms in total. The molecule has 3 rings (SSSR count). The number of amides is 1. The molecule has 0 saturated heterocycles. The van der Waals surface area contributed by atoms with Crippen LogP contribution in [-0.2, 0) is 13.6 Å². The van der Waals surface area contributed by atoms with Crippen molar-refractivity contribution in [2.75, 3.05) is 5.32 Å². The molecule has 136 valence electrons. The van der Waals surface area contributed by atoms with Crippen molar-refractivity contribution in [3.63, 3.8) is 0 Å². The molecule has 0 fully saturated rings. The summed E-state index contributed by atoms with van der Waals surface area (Å²) in [5.74, 6) is -10.7. The average Bonchev–Trinajstić information content (AvgIpc) is 3.24. The van der Waals surface area contributed by atoms with E-state index in [-0.39, 0.29) is 11.4 Å². The minimum Gasteiger partial charge on any atom is -0.305 e. The molecule has 0 radical (unpaired) electrons. The maximum Gasteiger partial charge on any atom is 0.260 e. The van der Waals surface area contributed by atoms with Crippen LogP contribution < -0.4 is 5.32 Å². The first kappa shape index (κ1) is 17.6. The lowest BCUT2D eigenvalue weighted by Crippen LogP contribution is -2.13. The number of nitrogens with zero attached hydrogens (tertiary/aromatic N) is 4. The van der Waals surface area contributed by atoms with Crippen LogP contribution in [0.4, 0.5) is 27.8 Å². The van der Waals surface area contributed by atoms with E-state index >= 15 is 0 Å². The molecule has 0 aliphatic rings. The Morgan fingerprint density at radius 1 is 1.08 bits per heavy atom. The van der Waals surface area contributed by atoms with E-state index in [1.165, 1.54) is 29.3 Å². The molecular weight excluding hydrogens is 361 g/mol. The summed E-state index contributed by atoms with van der Waals surface area (Å²) in [5, 5.41) is 10.1. The number of carbonyl (C=O) groups excluding carboxylic acids is 1. The first-order valence-corrected chi connectivity index (χ1v) is 7.11. The fourth-order valence-corrected chi connectivity index (χ4v) is 2.19. The van der Waals surface area contributed by atoms with E-state index in [1.807, 2.05) is 0 Å². The van der Waals surface area contributed by atoms with E-state index in [1.54, 1.807) is 7.05 Å². The SMILES string of the molecule is Cn1cc(C(=O)Nc2ccn(Cc3c(F)c(F)c(F)c(F)c3F)n2)cn1. The lowest BCUT2D eigenvalue weighted by Gasteiger charge is -2.08. The summed E-state index contributed by atoms with van der Waals surface area (Å²) in [5.41, 5.74) is -0.781. The van der Waals surface area contributed by atoms with E-state index in [9.17, 15) is 26.7 Å². The van der Waals surface area contributed by atoms with Crippen molar-refractivity contribution in [3.8, 4) is 0 Å². The van der Waals surface area contributed by atoms with Crippen LogP contribution in [0, 0.1) is 29.1 Å². The number of halogens is 5. The number of carbonyl (C=O) groups is 1. The average molecular weight is 371 g/mol. The Hall–Kier alpha value is -3.24. The number of nitrogens with one attached hydrogen (secondary N) is 1. The number of rotatable bonds is 4. The van der Waals surface area contributed by atoms with Crippen LogP contribution in [0.15, 0.2) is 24.7 Å². The second kappa shape index (κ2) is 6.58. The summed E-state index contributed by atoms with van der Waals surface area (Å²) >= 11 is 0. The van der Waals surface area contributed by atoms with Crippen molar-refractivity contribution >= 4 is 11.7 Å². The molecule has 1 amide bonds. The molecule has 1 N–H and O–H groups in total. The Kier molecular flexibility index (Phi) is 4.45. The standard InChI is InChI=1S/C15H10F5N5O/c1-24-5-7(4-21-24)15(26)22-9-2-3-25(23-9)6-8-10(16)12(18)14(20)13(19)11(8)17/h2-5H,6H2,1H3,(H,22,23,26). The zero-order valence-electron chi connectivity index (χ0n) is 13.1. The Bertz CT molecular complexity index is 967. The van der Waals surface area contributed by atoms with E-state index in [2.05, 4.69) is 15.5 Å². The number of benzene rings is 1. The molecule has 0 saturated carbocycles. The molecule has 2 aromatic heterocycles. The molecule has 26 heavy (non-hydrogen) atoms. The van der Waals surface area contributed by atoms with Gasteiger partial charge in [0.2, 0.25) is 5.82 Å². The van der Waals surface area contributed by atoms with Crippen LogP contribution in [0.3, 0.4) is 0 Å². The highest BCUT2D eigenvalue weighted by atomic mass is 19.2. The number of hydrogen-bond acceptors (Lipinski definition) is 3. The van der Waals surface area contributed by atoms with Crippen molar-refractivity contribution in [1.82, 2.24) is 19.6 Å². The Labute approximate surface area is 142 Å². The maximum absolute atomic E-state index is 13.7. The quantitative estimate of drug-likeness (QED) is 0.436. The van der Waals surface area contributed by atoms with Gasteiger partial charge in [0.15, 0.2) is 29.1 Å². The van der Waals surface area contributed by atoms with Crippen LogP contribution in [0.5, 0.6) is 0 Å². The molecule has 2 heterocycles. The van der Waals surface area contributed by atoms with Gasteiger partial charge in [-0.2, -0.15) is 10.2 Å². The molecule has 0 spiro atoms. The third-order valence-corrected chi connectivity index (χ3v) is 3.47. The van der Waals surface area contributed by atoms with Crippen molar-refractivity contribution in [1.29, 1.82) is 0 Å². The van der Waals surface area contributed by atoms with Crippen molar-refractivity contribution in [3.05, 3.63) is 64.9 Å². The van der Waals surface area contributed by atoms with E-state index in [4.69, 9.17) is 0 Å². The van der Waals surface area contributed by atoms with Crippen molar-refractivity contribution < 1.29 is 26.7 Å². The molecular formula is C15H10F5N5O.